The smallest absolute Gasteiger partial charge is 0.439 e. The molecule has 1 heterocycles. The Hall–Kier alpha value is -1.37. The third-order valence-electron chi connectivity index (χ3n) is 2.55. The summed E-state index contributed by atoms with van der Waals surface area (Å²) in [6, 6.07) is 0. The molecule has 0 spiro atoms. The number of unbranched alkanes of at least 4 members (excludes halogenated alkanes) is 2. The van der Waals surface area contributed by atoms with E-state index in [0.29, 0.717) is 11.2 Å². The Labute approximate surface area is 115 Å². The highest BCUT2D eigenvalue weighted by Gasteiger charge is 2.36. The van der Waals surface area contributed by atoms with Gasteiger partial charge in [-0.15, -0.1) is 0 Å². The molecule has 0 aromatic rings. The predicted octanol–water partition coefficient (Wildman–Crippen LogP) is 1.57. The highest BCUT2D eigenvalue weighted by molar-refractivity contribution is 8.13. The number of thioether (sulfide) groups is 1. The maximum absolute atomic E-state index is 11.4. The number of hydroxylamine groups is 1. The van der Waals surface area contributed by atoms with Crippen LogP contribution < -0.4 is 0 Å². The van der Waals surface area contributed by atoms with Gasteiger partial charge in [0.25, 0.3) is 0 Å². The SMILES string of the molecule is CC(=O)SCCCCCC(=O)O[N+]1=C(O)CCC1=O. The van der Waals surface area contributed by atoms with Gasteiger partial charge in [-0.3, -0.25) is 4.79 Å². The molecule has 0 fully saturated rings. The van der Waals surface area contributed by atoms with Crippen molar-refractivity contribution >= 4 is 34.7 Å². The molecule has 0 atom stereocenters. The predicted molar refractivity (Wildman–Crippen MR) is 69.8 cm³/mol. The minimum Gasteiger partial charge on any atom is -0.460 e. The largest absolute Gasteiger partial charge is 0.460 e. The van der Waals surface area contributed by atoms with E-state index < -0.39 is 11.9 Å². The average Bonchev–Trinajstić information content (AvgIpc) is 2.65. The monoisotopic (exact) mass is 288 g/mol. The minimum atomic E-state index is -0.527. The van der Waals surface area contributed by atoms with Crippen LogP contribution in [0.2, 0.25) is 0 Å². The summed E-state index contributed by atoms with van der Waals surface area (Å²) in [7, 11) is 0. The van der Waals surface area contributed by atoms with E-state index in [4.69, 9.17) is 4.84 Å². The zero-order valence-electron chi connectivity index (χ0n) is 10.9. The summed E-state index contributed by atoms with van der Waals surface area (Å²) in [5, 5.41) is 9.41. The van der Waals surface area contributed by atoms with Crippen LogP contribution in [-0.4, -0.2) is 38.5 Å². The molecule has 0 bridgehead atoms. The van der Waals surface area contributed by atoms with Crippen molar-refractivity contribution in [3.8, 4) is 0 Å². The first-order valence-electron chi connectivity index (χ1n) is 6.22. The Morgan fingerprint density at radius 1 is 1.32 bits per heavy atom. The third-order valence-corrected chi connectivity index (χ3v) is 3.45. The molecular weight excluding hydrogens is 270 g/mol. The van der Waals surface area contributed by atoms with Crippen LogP contribution >= 0.6 is 11.8 Å². The summed E-state index contributed by atoms with van der Waals surface area (Å²) < 4.78 is 0.675. The van der Waals surface area contributed by atoms with Gasteiger partial charge >= 0.3 is 17.8 Å². The first-order valence-corrected chi connectivity index (χ1v) is 7.21. The van der Waals surface area contributed by atoms with Crippen LogP contribution in [0, 0.1) is 0 Å². The fourth-order valence-corrected chi connectivity index (χ4v) is 2.22. The molecule has 0 unspecified atom stereocenters. The van der Waals surface area contributed by atoms with Crippen LogP contribution in [-0.2, 0) is 19.2 Å². The Morgan fingerprint density at radius 2 is 2.05 bits per heavy atom. The standard InChI is InChI=1S/C12H17NO5S/c1-9(14)19-8-4-2-3-5-12(17)18-13-10(15)6-7-11(13)16/h2-8H2,1H3/p+1. The highest BCUT2D eigenvalue weighted by Crippen LogP contribution is 2.10. The van der Waals surface area contributed by atoms with Gasteiger partial charge < -0.3 is 5.11 Å². The van der Waals surface area contributed by atoms with E-state index in [-0.39, 0.29) is 30.3 Å². The highest BCUT2D eigenvalue weighted by atomic mass is 32.2. The molecule has 0 aromatic carbocycles. The number of aliphatic hydroxyl groups is 1. The molecule has 0 aliphatic carbocycles. The number of amides is 1. The minimum absolute atomic E-state index is 0.0953. The fraction of sp³-hybridized carbons (Fsp3) is 0.667. The van der Waals surface area contributed by atoms with Gasteiger partial charge in [0.2, 0.25) is 0 Å². The van der Waals surface area contributed by atoms with E-state index >= 15 is 0 Å². The van der Waals surface area contributed by atoms with Gasteiger partial charge in [0.1, 0.15) is 0 Å². The van der Waals surface area contributed by atoms with Crippen molar-refractivity contribution in [3.63, 3.8) is 0 Å². The van der Waals surface area contributed by atoms with E-state index in [1.54, 1.807) is 0 Å². The second-order valence-corrected chi connectivity index (χ2v) is 5.49. The molecule has 1 aliphatic rings. The van der Waals surface area contributed by atoms with E-state index in [1.807, 2.05) is 0 Å². The van der Waals surface area contributed by atoms with Crippen molar-refractivity contribution in [2.75, 3.05) is 5.75 Å². The Morgan fingerprint density at radius 3 is 2.63 bits per heavy atom. The van der Waals surface area contributed by atoms with Crippen molar-refractivity contribution in [1.82, 2.24) is 0 Å². The maximum Gasteiger partial charge on any atom is 0.439 e. The lowest BCUT2D eigenvalue weighted by Gasteiger charge is -1.99. The molecule has 0 saturated carbocycles. The zero-order chi connectivity index (χ0) is 14.3. The normalized spacial score (nSPS) is 14.9. The van der Waals surface area contributed by atoms with Gasteiger partial charge in [0.05, 0.1) is 24.0 Å². The van der Waals surface area contributed by atoms with Gasteiger partial charge in [-0.2, -0.15) is 4.84 Å². The lowest BCUT2D eigenvalue weighted by Crippen LogP contribution is -2.24. The van der Waals surface area contributed by atoms with Crippen LogP contribution in [0.5, 0.6) is 0 Å². The van der Waals surface area contributed by atoms with Crippen molar-refractivity contribution < 1.29 is 29.1 Å². The molecule has 0 saturated heterocycles. The topological polar surface area (TPSA) is 83.7 Å². The van der Waals surface area contributed by atoms with E-state index in [0.717, 1.165) is 18.6 Å². The molecule has 1 aliphatic heterocycles. The molecule has 1 N–H and O–H groups in total. The molecule has 6 nitrogen and oxygen atoms in total. The molecule has 19 heavy (non-hydrogen) atoms. The van der Waals surface area contributed by atoms with Crippen LogP contribution in [0.3, 0.4) is 0 Å². The number of rotatable bonds is 7. The summed E-state index contributed by atoms with van der Waals surface area (Å²) >= 11 is 1.27. The van der Waals surface area contributed by atoms with Crippen LogP contribution in [0.15, 0.2) is 0 Å². The lowest BCUT2D eigenvalue weighted by atomic mass is 10.2. The quantitative estimate of drug-likeness (QED) is 0.435. The Kier molecular flexibility index (Phi) is 6.55. The number of hydrogen-bond donors (Lipinski definition) is 1. The van der Waals surface area contributed by atoms with Gasteiger partial charge in [-0.25, -0.2) is 9.59 Å². The van der Waals surface area contributed by atoms with Crippen LogP contribution in [0.25, 0.3) is 0 Å². The van der Waals surface area contributed by atoms with Gasteiger partial charge in [0.15, 0.2) is 5.12 Å². The first-order chi connectivity index (χ1) is 9.00. The summed E-state index contributed by atoms with van der Waals surface area (Å²) in [6.07, 6.45) is 2.90. The second kappa shape index (κ2) is 7.93. The van der Waals surface area contributed by atoms with Gasteiger partial charge in [-0.1, -0.05) is 18.2 Å². The molecule has 7 heteroatoms. The number of hydrogen-bond acceptors (Lipinski definition) is 5. The van der Waals surface area contributed by atoms with Crippen LogP contribution in [0.4, 0.5) is 0 Å². The Bertz CT molecular complexity index is 405. The zero-order valence-corrected chi connectivity index (χ0v) is 11.7. The summed E-state index contributed by atoms with van der Waals surface area (Å²) in [4.78, 5) is 38.1. The molecular formula is C12H18NO5S+. The molecule has 106 valence electrons. The van der Waals surface area contributed by atoms with Crippen molar-refractivity contribution in [2.45, 2.75) is 45.4 Å². The molecule has 0 radical (unpaired) electrons. The molecule has 1 amide bonds. The molecule has 1 rings (SSSR count). The fourth-order valence-electron chi connectivity index (χ4n) is 1.58. The van der Waals surface area contributed by atoms with Crippen molar-refractivity contribution in [2.24, 2.45) is 0 Å². The second-order valence-electron chi connectivity index (χ2n) is 4.22. The van der Waals surface area contributed by atoms with Gasteiger partial charge in [-0.05, 0) is 12.8 Å². The number of aliphatic hydroxyl groups excluding tert-OH is 1. The average molecular weight is 288 g/mol. The summed E-state index contributed by atoms with van der Waals surface area (Å²) in [6.45, 7) is 1.53. The first kappa shape index (κ1) is 15.7. The van der Waals surface area contributed by atoms with Crippen molar-refractivity contribution in [1.29, 1.82) is 0 Å². The third kappa shape index (κ3) is 5.87. The number of carbonyl (C=O) groups is 3. The number of carbonyl (C=O) groups excluding carboxylic acids is 3. The van der Waals surface area contributed by atoms with Gasteiger partial charge in [0, 0.05) is 12.7 Å². The summed E-state index contributed by atoms with van der Waals surface area (Å²) in [5.74, 6) is -0.384. The Balaban J connectivity index is 2.13. The number of nitrogens with zero attached hydrogens (tertiary/aromatic N) is 1. The lowest BCUT2D eigenvalue weighted by molar-refractivity contribution is -0.694. The summed E-state index contributed by atoms with van der Waals surface area (Å²) in [5.41, 5.74) is 0. The van der Waals surface area contributed by atoms with E-state index in [9.17, 15) is 19.5 Å². The van der Waals surface area contributed by atoms with Crippen LogP contribution in [0.1, 0.15) is 45.4 Å². The van der Waals surface area contributed by atoms with E-state index in [1.165, 1.54) is 18.7 Å². The maximum atomic E-state index is 11.4. The molecule has 0 aromatic heterocycles. The van der Waals surface area contributed by atoms with Crippen molar-refractivity contribution in [3.05, 3.63) is 0 Å². The van der Waals surface area contributed by atoms with E-state index in [2.05, 4.69) is 0 Å².